The van der Waals surface area contributed by atoms with Crippen LogP contribution < -0.4 is 11.1 Å². The van der Waals surface area contributed by atoms with Crippen molar-refractivity contribution in [1.82, 2.24) is 9.27 Å². The minimum Gasteiger partial charge on any atom is -0.382 e. The Morgan fingerprint density at radius 3 is 2.79 bits per heavy atom. The van der Waals surface area contributed by atoms with E-state index in [4.69, 9.17) is 5.73 Å². The molecule has 3 rings (SSSR count). The molecule has 1 saturated carbocycles. The summed E-state index contributed by atoms with van der Waals surface area (Å²) in [5, 5.41) is 3.89. The van der Waals surface area contributed by atoms with Gasteiger partial charge in [-0.15, -0.1) is 0 Å². The fourth-order valence-electron chi connectivity index (χ4n) is 2.61. The van der Waals surface area contributed by atoms with E-state index in [0.717, 1.165) is 37.1 Å². The number of aromatic nitrogens is 1. The number of rotatable bonds is 4. The van der Waals surface area contributed by atoms with Crippen LogP contribution in [0.4, 0.5) is 10.8 Å². The lowest BCUT2D eigenvalue weighted by Crippen LogP contribution is -2.27. The Morgan fingerprint density at radius 2 is 2.16 bits per heavy atom. The molecule has 1 atom stereocenters. The van der Waals surface area contributed by atoms with E-state index in [1.54, 1.807) is 0 Å². The van der Waals surface area contributed by atoms with Crippen LogP contribution >= 0.6 is 11.5 Å². The number of nitrogens with two attached hydrogens (primary N) is 1. The van der Waals surface area contributed by atoms with E-state index < -0.39 is 9.84 Å². The standard InChI is InChI=1S/C11H18N4O2S2/c1-19(16,17)9-10(12)14-18-11(9)13-7-4-5-15(6-7)8-2-3-8/h7-8,13H,2-6H2,1H3,(H2,12,14). The van der Waals surface area contributed by atoms with Crippen molar-refractivity contribution in [3.8, 4) is 0 Å². The largest absolute Gasteiger partial charge is 0.382 e. The van der Waals surface area contributed by atoms with Gasteiger partial charge in [0.1, 0.15) is 9.90 Å². The summed E-state index contributed by atoms with van der Waals surface area (Å²) < 4.78 is 27.4. The maximum absolute atomic E-state index is 11.7. The van der Waals surface area contributed by atoms with E-state index >= 15 is 0 Å². The van der Waals surface area contributed by atoms with Crippen molar-refractivity contribution >= 4 is 32.2 Å². The Kier molecular flexibility index (Phi) is 3.18. The molecule has 1 aliphatic heterocycles. The lowest BCUT2D eigenvalue weighted by atomic mass is 10.3. The molecule has 1 aromatic rings. The fraction of sp³-hybridized carbons (Fsp3) is 0.727. The summed E-state index contributed by atoms with van der Waals surface area (Å²) in [6.45, 7) is 2.07. The zero-order valence-electron chi connectivity index (χ0n) is 10.8. The highest BCUT2D eigenvalue weighted by Crippen LogP contribution is 2.34. The van der Waals surface area contributed by atoms with Crippen LogP contribution in [-0.4, -0.2) is 49.1 Å². The summed E-state index contributed by atoms with van der Waals surface area (Å²) >= 11 is 1.13. The van der Waals surface area contributed by atoms with Crippen LogP contribution in [0.15, 0.2) is 4.90 Å². The van der Waals surface area contributed by atoms with E-state index in [1.165, 1.54) is 19.1 Å². The lowest BCUT2D eigenvalue weighted by molar-refractivity contribution is 0.326. The van der Waals surface area contributed by atoms with E-state index in [0.29, 0.717) is 11.0 Å². The molecule has 19 heavy (non-hydrogen) atoms. The van der Waals surface area contributed by atoms with Gasteiger partial charge < -0.3 is 11.1 Å². The van der Waals surface area contributed by atoms with Gasteiger partial charge in [-0.05, 0) is 30.8 Å². The van der Waals surface area contributed by atoms with Gasteiger partial charge in [0.05, 0.1) is 0 Å². The van der Waals surface area contributed by atoms with E-state index in [2.05, 4.69) is 14.6 Å². The van der Waals surface area contributed by atoms with Crippen molar-refractivity contribution in [3.63, 3.8) is 0 Å². The first-order valence-corrected chi connectivity index (χ1v) is 9.07. The van der Waals surface area contributed by atoms with Gasteiger partial charge >= 0.3 is 0 Å². The Bertz CT molecular complexity index is 580. The second-order valence-corrected chi connectivity index (χ2v) is 8.08. The summed E-state index contributed by atoms with van der Waals surface area (Å²) in [6.07, 6.45) is 4.81. The number of likely N-dealkylation sites (tertiary alicyclic amines) is 1. The first-order chi connectivity index (χ1) is 8.95. The smallest absolute Gasteiger partial charge is 0.182 e. The summed E-state index contributed by atoms with van der Waals surface area (Å²) in [4.78, 5) is 2.63. The second-order valence-electron chi connectivity index (χ2n) is 5.35. The minimum absolute atomic E-state index is 0.104. The molecule has 2 heterocycles. The first kappa shape index (κ1) is 13.1. The normalized spacial score (nSPS) is 24.8. The number of hydrogen-bond acceptors (Lipinski definition) is 7. The molecule has 1 aliphatic carbocycles. The zero-order chi connectivity index (χ0) is 13.6. The van der Waals surface area contributed by atoms with E-state index in [-0.39, 0.29) is 10.7 Å². The Labute approximate surface area is 117 Å². The monoisotopic (exact) mass is 302 g/mol. The highest BCUT2D eigenvalue weighted by molar-refractivity contribution is 7.91. The highest BCUT2D eigenvalue weighted by atomic mass is 32.2. The summed E-state index contributed by atoms with van der Waals surface area (Å²) in [5.41, 5.74) is 5.66. The third-order valence-electron chi connectivity index (χ3n) is 3.66. The molecule has 0 bridgehead atoms. The second kappa shape index (κ2) is 4.60. The maximum atomic E-state index is 11.7. The zero-order valence-corrected chi connectivity index (χ0v) is 12.4. The summed E-state index contributed by atoms with van der Waals surface area (Å²) in [6, 6.07) is 1.05. The molecule has 0 radical (unpaired) electrons. The number of hydrogen-bond donors (Lipinski definition) is 2. The van der Waals surface area contributed by atoms with Crippen LogP contribution in [0.25, 0.3) is 0 Å². The van der Waals surface area contributed by atoms with Crippen molar-refractivity contribution in [2.45, 2.75) is 36.2 Å². The molecule has 6 nitrogen and oxygen atoms in total. The first-order valence-electron chi connectivity index (χ1n) is 6.41. The quantitative estimate of drug-likeness (QED) is 0.854. The van der Waals surface area contributed by atoms with Crippen LogP contribution in [0.3, 0.4) is 0 Å². The van der Waals surface area contributed by atoms with Crippen molar-refractivity contribution < 1.29 is 8.42 Å². The van der Waals surface area contributed by atoms with Crippen LogP contribution in [0.2, 0.25) is 0 Å². The van der Waals surface area contributed by atoms with Crippen molar-refractivity contribution in [3.05, 3.63) is 0 Å². The number of nitrogens with zero attached hydrogens (tertiary/aromatic N) is 2. The molecule has 2 fully saturated rings. The predicted molar refractivity (Wildman–Crippen MR) is 76.3 cm³/mol. The van der Waals surface area contributed by atoms with E-state index in [9.17, 15) is 8.42 Å². The highest BCUT2D eigenvalue weighted by Gasteiger charge is 2.35. The molecule has 1 saturated heterocycles. The fourth-order valence-corrected chi connectivity index (χ4v) is 4.74. The number of sulfone groups is 1. The van der Waals surface area contributed by atoms with Gasteiger partial charge in [-0.2, -0.15) is 4.37 Å². The SMILES string of the molecule is CS(=O)(=O)c1c(N)nsc1NC1CCN(C2CC2)C1. The number of anilines is 2. The predicted octanol–water partition coefficient (Wildman–Crippen LogP) is 0.777. The molecule has 2 aliphatic rings. The molecule has 106 valence electrons. The summed E-state index contributed by atoms with van der Waals surface area (Å²) in [5.74, 6) is 0.104. The molecule has 0 spiro atoms. The van der Waals surface area contributed by atoms with Crippen LogP contribution in [0, 0.1) is 0 Å². The maximum Gasteiger partial charge on any atom is 0.182 e. The molecule has 3 N–H and O–H groups in total. The molecule has 8 heteroatoms. The van der Waals surface area contributed by atoms with Gasteiger partial charge in [-0.1, -0.05) is 0 Å². The van der Waals surface area contributed by atoms with Crippen molar-refractivity contribution in [2.75, 3.05) is 30.4 Å². The third-order valence-corrected chi connectivity index (χ3v) is 5.74. The molecule has 0 aromatic carbocycles. The van der Waals surface area contributed by atoms with Gasteiger partial charge in [0.25, 0.3) is 0 Å². The van der Waals surface area contributed by atoms with Gasteiger partial charge in [0, 0.05) is 31.4 Å². The molecule has 0 amide bonds. The molecular formula is C11H18N4O2S2. The third kappa shape index (κ3) is 2.70. The topological polar surface area (TPSA) is 88.3 Å². The summed E-state index contributed by atoms with van der Waals surface area (Å²) in [7, 11) is -3.33. The molecule has 1 aromatic heterocycles. The van der Waals surface area contributed by atoms with Gasteiger partial charge in [0.15, 0.2) is 15.7 Å². The van der Waals surface area contributed by atoms with Crippen LogP contribution in [0.5, 0.6) is 0 Å². The number of nitrogens with one attached hydrogen (secondary N) is 1. The Morgan fingerprint density at radius 1 is 1.42 bits per heavy atom. The Hall–Kier alpha value is -0.860. The average Bonchev–Trinajstić information content (AvgIpc) is 2.94. The minimum atomic E-state index is -3.33. The lowest BCUT2D eigenvalue weighted by Gasteiger charge is -2.16. The molecule has 1 unspecified atom stereocenters. The Balaban J connectivity index is 1.74. The molecular weight excluding hydrogens is 284 g/mol. The number of nitrogen functional groups attached to an aromatic ring is 1. The van der Waals surface area contributed by atoms with Crippen molar-refractivity contribution in [2.24, 2.45) is 0 Å². The van der Waals surface area contributed by atoms with Crippen LogP contribution in [0.1, 0.15) is 19.3 Å². The van der Waals surface area contributed by atoms with Gasteiger partial charge in [0.2, 0.25) is 0 Å². The van der Waals surface area contributed by atoms with Crippen LogP contribution in [-0.2, 0) is 9.84 Å². The average molecular weight is 302 g/mol. The van der Waals surface area contributed by atoms with Crippen molar-refractivity contribution in [1.29, 1.82) is 0 Å². The van der Waals surface area contributed by atoms with Gasteiger partial charge in [-0.3, -0.25) is 4.90 Å². The van der Waals surface area contributed by atoms with E-state index in [1.807, 2.05) is 0 Å². The van der Waals surface area contributed by atoms with Gasteiger partial charge in [-0.25, -0.2) is 8.42 Å².